The molecule has 1 aromatic heterocycles. The first kappa shape index (κ1) is 18.3. The normalized spacial score (nSPS) is 14.8. The number of aromatic nitrogens is 4. The molecule has 1 aromatic carbocycles. The molecule has 0 aliphatic carbocycles. The first-order valence-corrected chi connectivity index (χ1v) is 9.02. The second-order valence-corrected chi connectivity index (χ2v) is 6.95. The molecule has 7 nitrogen and oxygen atoms in total. The van der Waals surface area contributed by atoms with E-state index in [1.807, 2.05) is 30.1 Å². The quantitative estimate of drug-likeness (QED) is 0.792. The number of hydrogen-bond donors (Lipinski definition) is 0. The molecular formula is C19H26N6O. The molecule has 7 heteroatoms. The molecule has 0 unspecified atom stereocenters. The fourth-order valence-electron chi connectivity index (χ4n) is 2.90. The number of hydrogen-bond acceptors (Lipinski definition) is 5. The van der Waals surface area contributed by atoms with Gasteiger partial charge in [0.2, 0.25) is 5.91 Å². The Morgan fingerprint density at radius 2 is 2.04 bits per heavy atom. The molecule has 3 rings (SSSR count). The van der Waals surface area contributed by atoms with Crippen molar-refractivity contribution in [3.63, 3.8) is 0 Å². The molecule has 0 N–H and O–H groups in total. The highest BCUT2D eigenvalue weighted by molar-refractivity contribution is 5.78. The number of amides is 1. The van der Waals surface area contributed by atoms with Gasteiger partial charge in [-0.05, 0) is 48.9 Å². The summed E-state index contributed by atoms with van der Waals surface area (Å²) in [6.07, 6.45) is 3.01. The van der Waals surface area contributed by atoms with Crippen molar-refractivity contribution in [1.82, 2.24) is 30.0 Å². The molecule has 0 bridgehead atoms. The van der Waals surface area contributed by atoms with Crippen molar-refractivity contribution in [3.8, 4) is 0 Å². The summed E-state index contributed by atoms with van der Waals surface area (Å²) >= 11 is 0. The molecule has 0 saturated carbocycles. The van der Waals surface area contributed by atoms with Crippen molar-refractivity contribution in [2.24, 2.45) is 0 Å². The molecular weight excluding hydrogens is 328 g/mol. The Morgan fingerprint density at radius 1 is 1.27 bits per heavy atom. The molecule has 26 heavy (non-hydrogen) atoms. The van der Waals surface area contributed by atoms with Crippen molar-refractivity contribution in [2.75, 3.05) is 20.1 Å². The Balaban J connectivity index is 1.60. The minimum absolute atomic E-state index is 0.0501. The van der Waals surface area contributed by atoms with E-state index in [9.17, 15) is 4.79 Å². The van der Waals surface area contributed by atoms with E-state index in [1.54, 1.807) is 4.68 Å². The number of carbonyl (C=O) groups is 1. The van der Waals surface area contributed by atoms with Crippen LogP contribution in [0.1, 0.15) is 31.7 Å². The van der Waals surface area contributed by atoms with Crippen LogP contribution in [0, 0.1) is 0 Å². The van der Waals surface area contributed by atoms with Crippen LogP contribution in [0.5, 0.6) is 0 Å². The topological polar surface area (TPSA) is 67.2 Å². The zero-order valence-electron chi connectivity index (χ0n) is 15.7. The van der Waals surface area contributed by atoms with Gasteiger partial charge < -0.3 is 4.90 Å². The van der Waals surface area contributed by atoms with Gasteiger partial charge in [-0.25, -0.2) is 4.68 Å². The van der Waals surface area contributed by atoms with Gasteiger partial charge in [0, 0.05) is 19.1 Å². The van der Waals surface area contributed by atoms with Crippen LogP contribution in [0.3, 0.4) is 0 Å². The van der Waals surface area contributed by atoms with Crippen molar-refractivity contribution in [3.05, 3.63) is 47.8 Å². The van der Waals surface area contributed by atoms with E-state index in [1.165, 1.54) is 11.1 Å². The van der Waals surface area contributed by atoms with E-state index in [0.717, 1.165) is 13.0 Å². The standard InChI is InChI=1S/C19H26N6O/c1-15(2)23(3)13-18-20-21-22-25(18)14-19(26)24-11-9-17(10-12-24)16-7-5-4-6-8-16/h4-9,15H,10-14H2,1-3H3. The third-order valence-corrected chi connectivity index (χ3v) is 4.87. The molecule has 1 aliphatic heterocycles. The summed E-state index contributed by atoms with van der Waals surface area (Å²) in [5, 5.41) is 11.8. The molecule has 2 heterocycles. The third kappa shape index (κ3) is 4.35. The molecule has 0 atom stereocenters. The van der Waals surface area contributed by atoms with Crippen LogP contribution in [-0.2, 0) is 17.9 Å². The summed E-state index contributed by atoms with van der Waals surface area (Å²) in [6.45, 7) is 6.39. The van der Waals surface area contributed by atoms with Gasteiger partial charge in [0.15, 0.2) is 5.82 Å². The van der Waals surface area contributed by atoms with Crippen LogP contribution in [0.25, 0.3) is 5.57 Å². The SMILES string of the molecule is CC(C)N(C)Cc1nnnn1CC(=O)N1CC=C(c2ccccc2)CC1. The lowest BCUT2D eigenvalue weighted by Crippen LogP contribution is -2.38. The summed E-state index contributed by atoms with van der Waals surface area (Å²) in [5.41, 5.74) is 2.54. The van der Waals surface area contributed by atoms with E-state index in [2.05, 4.69) is 52.5 Å². The lowest BCUT2D eigenvalue weighted by atomic mass is 9.99. The highest BCUT2D eigenvalue weighted by Crippen LogP contribution is 2.22. The summed E-state index contributed by atoms with van der Waals surface area (Å²) in [6, 6.07) is 10.7. The first-order valence-electron chi connectivity index (χ1n) is 9.02. The highest BCUT2D eigenvalue weighted by Gasteiger charge is 2.20. The lowest BCUT2D eigenvalue weighted by molar-refractivity contribution is -0.131. The number of rotatable bonds is 6. The lowest BCUT2D eigenvalue weighted by Gasteiger charge is -2.27. The molecule has 138 valence electrons. The molecule has 0 fully saturated rings. The van der Waals surface area contributed by atoms with E-state index >= 15 is 0 Å². The van der Waals surface area contributed by atoms with Gasteiger partial charge in [-0.1, -0.05) is 36.4 Å². The maximum absolute atomic E-state index is 12.6. The maximum atomic E-state index is 12.6. The van der Waals surface area contributed by atoms with E-state index in [4.69, 9.17) is 0 Å². The second-order valence-electron chi connectivity index (χ2n) is 6.95. The molecule has 0 saturated heterocycles. The number of benzene rings is 1. The van der Waals surface area contributed by atoms with E-state index in [-0.39, 0.29) is 12.5 Å². The molecule has 1 aliphatic rings. The van der Waals surface area contributed by atoms with Crippen LogP contribution < -0.4 is 0 Å². The fourth-order valence-corrected chi connectivity index (χ4v) is 2.90. The predicted molar refractivity (Wildman–Crippen MR) is 100 cm³/mol. The first-order chi connectivity index (χ1) is 12.5. The van der Waals surface area contributed by atoms with Gasteiger partial charge in [0.1, 0.15) is 6.54 Å². The number of tetrazole rings is 1. The summed E-state index contributed by atoms with van der Waals surface area (Å²) in [4.78, 5) is 16.7. The average Bonchev–Trinajstić information content (AvgIpc) is 3.09. The minimum Gasteiger partial charge on any atom is -0.337 e. The van der Waals surface area contributed by atoms with Gasteiger partial charge in [0.25, 0.3) is 0 Å². The Morgan fingerprint density at radius 3 is 2.69 bits per heavy atom. The Labute approximate surface area is 154 Å². The third-order valence-electron chi connectivity index (χ3n) is 4.87. The zero-order chi connectivity index (χ0) is 18.5. The highest BCUT2D eigenvalue weighted by atomic mass is 16.2. The summed E-state index contributed by atoms with van der Waals surface area (Å²) < 4.78 is 1.61. The summed E-state index contributed by atoms with van der Waals surface area (Å²) in [5.74, 6) is 0.765. The van der Waals surface area contributed by atoms with Gasteiger partial charge in [-0.2, -0.15) is 0 Å². The van der Waals surface area contributed by atoms with Gasteiger partial charge in [-0.3, -0.25) is 9.69 Å². The van der Waals surface area contributed by atoms with Crippen LogP contribution in [0.2, 0.25) is 0 Å². The van der Waals surface area contributed by atoms with E-state index < -0.39 is 0 Å². The molecule has 0 radical (unpaired) electrons. The molecule has 2 aromatic rings. The fraction of sp³-hybridized carbons (Fsp3) is 0.474. The Hall–Kier alpha value is -2.54. The van der Waals surface area contributed by atoms with E-state index in [0.29, 0.717) is 25.0 Å². The summed E-state index contributed by atoms with van der Waals surface area (Å²) in [7, 11) is 2.02. The van der Waals surface area contributed by atoms with Crippen LogP contribution in [0.15, 0.2) is 36.4 Å². The molecule has 1 amide bonds. The van der Waals surface area contributed by atoms with Crippen molar-refractivity contribution < 1.29 is 4.79 Å². The second kappa shape index (κ2) is 8.23. The number of nitrogens with zero attached hydrogens (tertiary/aromatic N) is 6. The van der Waals surface area contributed by atoms with Crippen LogP contribution in [0.4, 0.5) is 0 Å². The molecule has 0 spiro atoms. The number of carbonyl (C=O) groups excluding carboxylic acids is 1. The monoisotopic (exact) mass is 354 g/mol. The van der Waals surface area contributed by atoms with Gasteiger partial charge in [-0.15, -0.1) is 5.10 Å². The zero-order valence-corrected chi connectivity index (χ0v) is 15.7. The van der Waals surface area contributed by atoms with Gasteiger partial charge in [0.05, 0.1) is 6.54 Å². The van der Waals surface area contributed by atoms with Gasteiger partial charge >= 0.3 is 0 Å². The Bertz CT molecular complexity index is 767. The maximum Gasteiger partial charge on any atom is 0.244 e. The predicted octanol–water partition coefficient (Wildman–Crippen LogP) is 1.83. The van der Waals surface area contributed by atoms with Crippen molar-refractivity contribution >= 4 is 11.5 Å². The largest absolute Gasteiger partial charge is 0.337 e. The van der Waals surface area contributed by atoms with Crippen LogP contribution in [-0.4, -0.2) is 62.1 Å². The smallest absolute Gasteiger partial charge is 0.244 e. The van der Waals surface area contributed by atoms with Crippen LogP contribution >= 0.6 is 0 Å². The Kier molecular flexibility index (Phi) is 5.78. The minimum atomic E-state index is 0.0501. The average molecular weight is 354 g/mol. The van der Waals surface area contributed by atoms with Crippen molar-refractivity contribution in [2.45, 2.75) is 39.4 Å². The van der Waals surface area contributed by atoms with Crippen molar-refractivity contribution in [1.29, 1.82) is 0 Å².